The average molecular weight is 535 g/mol. The van der Waals surface area contributed by atoms with Gasteiger partial charge in [0.05, 0.1) is 29.6 Å². The molecule has 1 aromatic carbocycles. The first kappa shape index (κ1) is 28.3. The maximum Gasteiger partial charge on any atom is 0.416 e. The summed E-state index contributed by atoms with van der Waals surface area (Å²) in [7, 11) is 0. The second-order valence-electron chi connectivity index (χ2n) is 8.45. The number of hydrogen-bond acceptors (Lipinski definition) is 5. The molecule has 13 heteroatoms. The summed E-state index contributed by atoms with van der Waals surface area (Å²) in [6.07, 6.45) is -2.07. The van der Waals surface area contributed by atoms with Gasteiger partial charge in [0.1, 0.15) is 5.83 Å². The number of carbonyl (C=O) groups is 3. The molecular weight excluding hydrogens is 508 g/mol. The molecule has 1 N–H and O–H groups in total. The van der Waals surface area contributed by atoms with E-state index in [1.165, 1.54) is 22.7 Å². The van der Waals surface area contributed by atoms with Crippen LogP contribution in [0.15, 0.2) is 66.2 Å². The first-order valence-corrected chi connectivity index (χ1v) is 11.5. The number of piperazine rings is 1. The summed E-state index contributed by atoms with van der Waals surface area (Å²) in [6, 6.07) is 7.40. The van der Waals surface area contributed by atoms with Crippen molar-refractivity contribution in [1.29, 1.82) is 0 Å². The number of hydrogen-bond donors (Lipinski definition) is 1. The first-order valence-electron chi connectivity index (χ1n) is 11.5. The Hall–Kier alpha value is -4.29. The fourth-order valence-corrected chi connectivity index (χ4v) is 3.60. The molecule has 3 amide bonds. The lowest BCUT2D eigenvalue weighted by atomic mass is 10.0. The number of amides is 3. The molecule has 38 heavy (non-hydrogen) atoms. The van der Waals surface area contributed by atoms with E-state index in [2.05, 4.69) is 22.2 Å². The fraction of sp³-hybridized carbons (Fsp3) is 0.320. The van der Waals surface area contributed by atoms with Gasteiger partial charge < -0.3 is 15.1 Å². The second kappa shape index (κ2) is 11.8. The van der Waals surface area contributed by atoms with Crippen molar-refractivity contribution in [2.75, 3.05) is 32.7 Å². The molecule has 0 bridgehead atoms. The SMILES string of the molecule is C=C(C(=CC(F)=CC)C(=O)N1CCN(C(=O)CNC(=O)c2cn(-c3cccc(C)c3)nn2)CC1)C(F)(F)F. The Bertz CT molecular complexity index is 1290. The van der Waals surface area contributed by atoms with Crippen LogP contribution in [-0.4, -0.2) is 81.4 Å². The van der Waals surface area contributed by atoms with Crippen LogP contribution in [0, 0.1) is 6.92 Å². The zero-order valence-electron chi connectivity index (χ0n) is 20.8. The molecule has 0 atom stereocenters. The van der Waals surface area contributed by atoms with Gasteiger partial charge in [0.2, 0.25) is 5.91 Å². The van der Waals surface area contributed by atoms with E-state index in [1.54, 1.807) is 6.07 Å². The molecule has 2 heterocycles. The maximum atomic E-state index is 13.7. The minimum atomic E-state index is -4.92. The van der Waals surface area contributed by atoms with Gasteiger partial charge in [-0.1, -0.05) is 30.0 Å². The normalized spacial score (nSPS) is 14.9. The summed E-state index contributed by atoms with van der Waals surface area (Å²) in [5, 5.41) is 10.2. The number of rotatable bonds is 7. The number of benzene rings is 1. The highest BCUT2D eigenvalue weighted by atomic mass is 19.4. The highest BCUT2D eigenvalue weighted by Gasteiger charge is 2.38. The van der Waals surface area contributed by atoms with Crippen molar-refractivity contribution in [2.45, 2.75) is 20.0 Å². The predicted octanol–water partition coefficient (Wildman–Crippen LogP) is 2.89. The number of aryl methyl sites for hydroxylation is 1. The zero-order valence-corrected chi connectivity index (χ0v) is 20.8. The van der Waals surface area contributed by atoms with Gasteiger partial charge in [-0.05, 0) is 37.6 Å². The summed E-state index contributed by atoms with van der Waals surface area (Å²) in [6.45, 7) is 5.62. The van der Waals surface area contributed by atoms with Crippen molar-refractivity contribution in [3.8, 4) is 5.69 Å². The van der Waals surface area contributed by atoms with E-state index >= 15 is 0 Å². The smallest absolute Gasteiger partial charge is 0.342 e. The quantitative estimate of drug-likeness (QED) is 0.335. The van der Waals surface area contributed by atoms with Crippen LogP contribution in [0.4, 0.5) is 17.6 Å². The molecule has 0 unspecified atom stereocenters. The lowest BCUT2D eigenvalue weighted by Crippen LogP contribution is -2.53. The molecule has 202 valence electrons. The summed E-state index contributed by atoms with van der Waals surface area (Å²) in [5.74, 6) is -3.12. The molecule has 1 aromatic heterocycles. The van der Waals surface area contributed by atoms with Crippen LogP contribution in [0.1, 0.15) is 23.0 Å². The Morgan fingerprint density at radius 1 is 1.13 bits per heavy atom. The summed E-state index contributed by atoms with van der Waals surface area (Å²) in [5.41, 5.74) is -0.643. The molecule has 0 saturated carbocycles. The van der Waals surface area contributed by atoms with Crippen molar-refractivity contribution in [3.63, 3.8) is 0 Å². The van der Waals surface area contributed by atoms with Crippen molar-refractivity contribution < 1.29 is 31.9 Å². The number of allylic oxidation sites excluding steroid dienone is 3. The number of nitrogens with zero attached hydrogens (tertiary/aromatic N) is 5. The Balaban J connectivity index is 1.55. The monoisotopic (exact) mass is 534 g/mol. The molecule has 1 aliphatic rings. The molecule has 1 saturated heterocycles. The van der Waals surface area contributed by atoms with Crippen molar-refractivity contribution >= 4 is 17.7 Å². The van der Waals surface area contributed by atoms with Gasteiger partial charge in [0, 0.05) is 26.2 Å². The van der Waals surface area contributed by atoms with E-state index in [9.17, 15) is 31.9 Å². The lowest BCUT2D eigenvalue weighted by molar-refractivity contribution is -0.137. The molecule has 0 aliphatic carbocycles. The van der Waals surface area contributed by atoms with Crippen LogP contribution in [0.3, 0.4) is 0 Å². The van der Waals surface area contributed by atoms with Gasteiger partial charge in [-0.15, -0.1) is 5.10 Å². The zero-order chi connectivity index (χ0) is 28.0. The molecule has 1 fully saturated rings. The first-order chi connectivity index (χ1) is 17.9. The number of aromatic nitrogens is 3. The molecule has 2 aromatic rings. The lowest BCUT2D eigenvalue weighted by Gasteiger charge is -2.35. The van der Waals surface area contributed by atoms with Crippen LogP contribution in [0.5, 0.6) is 0 Å². The third-order valence-electron chi connectivity index (χ3n) is 5.77. The number of nitrogens with one attached hydrogen (secondary N) is 1. The van der Waals surface area contributed by atoms with E-state index in [4.69, 9.17) is 0 Å². The van der Waals surface area contributed by atoms with Gasteiger partial charge in [-0.3, -0.25) is 14.4 Å². The Kier molecular flexibility index (Phi) is 8.81. The van der Waals surface area contributed by atoms with E-state index in [1.807, 2.05) is 25.1 Å². The van der Waals surface area contributed by atoms with Gasteiger partial charge in [0.15, 0.2) is 5.69 Å². The number of halogens is 4. The standard InChI is InChI=1S/C25H26F4N6O3/c1-4-18(26)13-20(17(3)25(27,28)29)24(38)34-10-8-33(9-11-34)22(36)14-30-23(37)21-15-35(32-31-21)19-7-5-6-16(2)12-19/h4-7,12-13,15H,3,8-11,14H2,1-2H3,(H,30,37). The topological polar surface area (TPSA) is 100 Å². The minimum absolute atomic E-state index is 0.00675. The Labute approximate surface area is 216 Å². The summed E-state index contributed by atoms with van der Waals surface area (Å²) in [4.78, 5) is 40.2. The van der Waals surface area contributed by atoms with Gasteiger partial charge in [-0.25, -0.2) is 9.07 Å². The number of alkyl halides is 3. The third-order valence-corrected chi connectivity index (χ3v) is 5.77. The fourth-order valence-electron chi connectivity index (χ4n) is 3.60. The Morgan fingerprint density at radius 3 is 2.39 bits per heavy atom. The maximum absolute atomic E-state index is 13.7. The van der Waals surface area contributed by atoms with E-state index in [0.717, 1.165) is 16.5 Å². The van der Waals surface area contributed by atoms with Gasteiger partial charge in [-0.2, -0.15) is 13.2 Å². The van der Waals surface area contributed by atoms with Crippen molar-refractivity contribution in [2.24, 2.45) is 0 Å². The summed E-state index contributed by atoms with van der Waals surface area (Å²) >= 11 is 0. The number of carbonyl (C=O) groups excluding carboxylic acids is 3. The van der Waals surface area contributed by atoms with Crippen molar-refractivity contribution in [1.82, 2.24) is 30.1 Å². The average Bonchev–Trinajstić information content (AvgIpc) is 3.39. The van der Waals surface area contributed by atoms with Gasteiger partial charge in [0.25, 0.3) is 11.8 Å². The second-order valence-corrected chi connectivity index (χ2v) is 8.45. The highest BCUT2D eigenvalue weighted by Crippen LogP contribution is 2.31. The van der Waals surface area contributed by atoms with Crippen LogP contribution < -0.4 is 5.32 Å². The molecular formula is C25H26F4N6O3. The minimum Gasteiger partial charge on any atom is -0.342 e. The van der Waals surface area contributed by atoms with Crippen molar-refractivity contribution in [3.05, 3.63) is 77.4 Å². The molecule has 3 rings (SSSR count). The van der Waals surface area contributed by atoms with Crippen LogP contribution in [-0.2, 0) is 9.59 Å². The van der Waals surface area contributed by atoms with Crippen LogP contribution in [0.25, 0.3) is 5.69 Å². The van der Waals surface area contributed by atoms with Crippen LogP contribution >= 0.6 is 0 Å². The van der Waals surface area contributed by atoms with E-state index in [0.29, 0.717) is 11.8 Å². The molecule has 9 nitrogen and oxygen atoms in total. The highest BCUT2D eigenvalue weighted by molar-refractivity contribution is 5.98. The molecule has 0 radical (unpaired) electrons. The largest absolute Gasteiger partial charge is 0.416 e. The molecule has 0 spiro atoms. The van der Waals surface area contributed by atoms with E-state index < -0.39 is 40.9 Å². The van der Waals surface area contributed by atoms with Crippen LogP contribution in [0.2, 0.25) is 0 Å². The van der Waals surface area contributed by atoms with Gasteiger partial charge >= 0.3 is 6.18 Å². The van der Waals surface area contributed by atoms with E-state index in [-0.39, 0.29) is 38.4 Å². The predicted molar refractivity (Wildman–Crippen MR) is 130 cm³/mol. The summed E-state index contributed by atoms with van der Waals surface area (Å²) < 4.78 is 54.7. The third kappa shape index (κ3) is 6.93. The molecule has 1 aliphatic heterocycles. The Morgan fingerprint density at radius 2 is 1.79 bits per heavy atom.